The molecule has 0 spiro atoms. The highest BCUT2D eigenvalue weighted by molar-refractivity contribution is 7.80. The molecule has 0 bridgehead atoms. The zero-order chi connectivity index (χ0) is 27.4. The number of furan rings is 1. The fourth-order valence-electron chi connectivity index (χ4n) is 4.52. The molecule has 2 aromatic carbocycles. The zero-order valence-electron chi connectivity index (χ0n) is 21.0. The van der Waals surface area contributed by atoms with Crippen molar-refractivity contribution in [3.05, 3.63) is 108 Å². The molecule has 1 aliphatic heterocycles. The standard InChI is InChI=1S/C29H25FN4O4S/c1-37-28(36)19-6-4-5-18(17-19)23-12-13-24(38-23)27-26(22-7-2-3-15-31-22)33-29(39)34(27)16-14-25(35)32-21-10-8-20(30)9-11-21/h2-13,15,17,26-27H,14,16H2,1H3,(H,32,35)(H,33,39)/t26-,27+/m1/s1. The molecular formula is C29H25FN4O4S. The summed E-state index contributed by atoms with van der Waals surface area (Å²) in [7, 11) is 1.34. The second-order valence-electron chi connectivity index (χ2n) is 8.90. The molecule has 0 aliphatic carbocycles. The van der Waals surface area contributed by atoms with Gasteiger partial charge in [-0.15, -0.1) is 0 Å². The molecule has 2 aromatic heterocycles. The number of benzene rings is 2. The van der Waals surface area contributed by atoms with Gasteiger partial charge in [-0.1, -0.05) is 18.2 Å². The van der Waals surface area contributed by atoms with Gasteiger partial charge < -0.3 is 24.7 Å². The van der Waals surface area contributed by atoms with Gasteiger partial charge in [-0.25, -0.2) is 9.18 Å². The van der Waals surface area contributed by atoms with Gasteiger partial charge in [0, 0.05) is 30.4 Å². The van der Waals surface area contributed by atoms with Crippen LogP contribution in [0.1, 0.15) is 40.3 Å². The molecule has 39 heavy (non-hydrogen) atoms. The van der Waals surface area contributed by atoms with Crippen molar-refractivity contribution in [3.8, 4) is 11.3 Å². The number of nitrogens with zero attached hydrogens (tertiary/aromatic N) is 2. The first-order chi connectivity index (χ1) is 18.9. The van der Waals surface area contributed by atoms with Gasteiger partial charge in [-0.2, -0.15) is 0 Å². The summed E-state index contributed by atoms with van der Waals surface area (Å²) in [5.41, 5.74) is 2.42. The molecule has 0 saturated carbocycles. The van der Waals surface area contributed by atoms with Crippen LogP contribution in [0, 0.1) is 5.82 Å². The van der Waals surface area contributed by atoms with Crippen LogP contribution in [0.4, 0.5) is 10.1 Å². The molecule has 0 radical (unpaired) electrons. The first-order valence-corrected chi connectivity index (χ1v) is 12.7. The molecule has 1 aliphatic rings. The SMILES string of the molecule is COC(=O)c1cccc(-c2ccc([C@H]3[C@@H](c4ccccn4)NC(=S)N3CCC(=O)Nc3ccc(F)cc3)o2)c1. The first kappa shape index (κ1) is 26.1. The van der Waals surface area contributed by atoms with E-state index in [9.17, 15) is 14.0 Å². The maximum Gasteiger partial charge on any atom is 0.337 e. The molecule has 3 heterocycles. The van der Waals surface area contributed by atoms with Crippen LogP contribution in [-0.2, 0) is 9.53 Å². The fraction of sp³-hybridized carbons (Fsp3) is 0.172. The quantitative estimate of drug-likeness (QED) is 0.229. The normalized spacial score (nSPS) is 16.6. The molecule has 5 rings (SSSR count). The summed E-state index contributed by atoms with van der Waals surface area (Å²) in [4.78, 5) is 31.1. The van der Waals surface area contributed by atoms with Crippen LogP contribution in [-0.4, -0.2) is 40.5 Å². The molecule has 1 saturated heterocycles. The van der Waals surface area contributed by atoms with Crippen molar-refractivity contribution in [3.63, 3.8) is 0 Å². The molecular weight excluding hydrogens is 519 g/mol. The molecule has 1 amide bonds. The Hall–Kier alpha value is -4.57. The summed E-state index contributed by atoms with van der Waals surface area (Å²) in [5.74, 6) is 0.149. The number of amides is 1. The van der Waals surface area contributed by atoms with Crippen LogP contribution in [0.2, 0.25) is 0 Å². The van der Waals surface area contributed by atoms with Crippen molar-refractivity contribution in [1.29, 1.82) is 0 Å². The van der Waals surface area contributed by atoms with Crippen LogP contribution in [0.5, 0.6) is 0 Å². The van der Waals surface area contributed by atoms with Gasteiger partial charge in [-0.05, 0) is 72.9 Å². The minimum absolute atomic E-state index is 0.138. The number of halogens is 1. The maximum atomic E-state index is 13.2. The summed E-state index contributed by atoms with van der Waals surface area (Å²) in [6, 6.07) is 21.2. The van der Waals surface area contributed by atoms with Gasteiger partial charge in [0.05, 0.1) is 24.4 Å². The number of hydrogen-bond donors (Lipinski definition) is 2. The topological polar surface area (TPSA) is 96.7 Å². The van der Waals surface area contributed by atoms with Crippen molar-refractivity contribution in [2.24, 2.45) is 0 Å². The summed E-state index contributed by atoms with van der Waals surface area (Å²) in [6.45, 7) is 0.306. The Balaban J connectivity index is 1.40. The molecule has 1 fully saturated rings. The van der Waals surface area contributed by atoms with E-state index in [0.717, 1.165) is 11.3 Å². The van der Waals surface area contributed by atoms with Crippen LogP contribution in [0.3, 0.4) is 0 Å². The highest BCUT2D eigenvalue weighted by Crippen LogP contribution is 2.40. The third-order valence-corrected chi connectivity index (χ3v) is 6.74. The largest absolute Gasteiger partial charge is 0.465 e. The smallest absolute Gasteiger partial charge is 0.337 e. The fourth-order valence-corrected chi connectivity index (χ4v) is 4.85. The van der Waals surface area contributed by atoms with Crippen molar-refractivity contribution in [1.82, 2.24) is 15.2 Å². The van der Waals surface area contributed by atoms with Gasteiger partial charge in [0.25, 0.3) is 0 Å². The highest BCUT2D eigenvalue weighted by atomic mass is 32.1. The molecule has 0 unspecified atom stereocenters. The lowest BCUT2D eigenvalue weighted by Gasteiger charge is -2.25. The number of thiocarbonyl (C=S) groups is 1. The van der Waals surface area contributed by atoms with Crippen molar-refractivity contribution < 1.29 is 23.1 Å². The summed E-state index contributed by atoms with van der Waals surface area (Å²) in [5, 5.41) is 6.58. The molecule has 2 N–H and O–H groups in total. The zero-order valence-corrected chi connectivity index (χ0v) is 21.8. The van der Waals surface area contributed by atoms with Gasteiger partial charge >= 0.3 is 5.97 Å². The van der Waals surface area contributed by atoms with E-state index in [1.54, 1.807) is 24.4 Å². The lowest BCUT2D eigenvalue weighted by Crippen LogP contribution is -2.32. The number of hydrogen-bond acceptors (Lipinski definition) is 6. The minimum atomic E-state index is -0.436. The number of ether oxygens (including phenoxy) is 1. The molecule has 10 heteroatoms. The average Bonchev–Trinajstić information content (AvgIpc) is 3.58. The van der Waals surface area contributed by atoms with Crippen molar-refractivity contribution >= 4 is 34.9 Å². The number of methoxy groups -OCH3 is 1. The Morgan fingerprint density at radius 2 is 1.92 bits per heavy atom. The number of carbonyl (C=O) groups excluding carboxylic acids is 2. The van der Waals surface area contributed by atoms with Gasteiger partial charge in [0.2, 0.25) is 5.91 Å². The van der Waals surface area contributed by atoms with Crippen LogP contribution >= 0.6 is 12.2 Å². The average molecular weight is 545 g/mol. The monoisotopic (exact) mass is 544 g/mol. The summed E-state index contributed by atoms with van der Waals surface area (Å²) >= 11 is 5.67. The van der Waals surface area contributed by atoms with Gasteiger partial charge in [0.1, 0.15) is 23.4 Å². The second-order valence-corrected chi connectivity index (χ2v) is 9.29. The highest BCUT2D eigenvalue weighted by Gasteiger charge is 2.41. The summed E-state index contributed by atoms with van der Waals surface area (Å²) < 4.78 is 24.4. The molecule has 4 aromatic rings. The van der Waals surface area contributed by atoms with Crippen molar-refractivity contribution in [2.75, 3.05) is 19.0 Å². The molecule has 2 atom stereocenters. The predicted octanol–water partition coefficient (Wildman–Crippen LogP) is 5.27. The third-order valence-electron chi connectivity index (χ3n) is 6.39. The Morgan fingerprint density at radius 1 is 1.10 bits per heavy atom. The minimum Gasteiger partial charge on any atom is -0.465 e. The Labute approximate surface area is 229 Å². The van der Waals surface area contributed by atoms with Crippen molar-refractivity contribution in [2.45, 2.75) is 18.5 Å². The van der Waals surface area contributed by atoms with E-state index in [1.165, 1.54) is 31.4 Å². The lowest BCUT2D eigenvalue weighted by molar-refractivity contribution is -0.116. The molecule has 198 valence electrons. The lowest BCUT2D eigenvalue weighted by atomic mass is 10.0. The number of rotatable bonds is 8. The van der Waals surface area contributed by atoms with E-state index in [1.807, 2.05) is 41.3 Å². The number of aromatic nitrogens is 1. The maximum absolute atomic E-state index is 13.2. The van der Waals surface area contributed by atoms with E-state index in [-0.39, 0.29) is 30.2 Å². The van der Waals surface area contributed by atoms with E-state index >= 15 is 0 Å². The van der Waals surface area contributed by atoms with E-state index in [2.05, 4.69) is 15.6 Å². The number of esters is 1. The van der Waals surface area contributed by atoms with E-state index < -0.39 is 5.97 Å². The van der Waals surface area contributed by atoms with Crippen LogP contribution < -0.4 is 10.6 Å². The Kier molecular flexibility index (Phi) is 7.64. The predicted molar refractivity (Wildman–Crippen MR) is 147 cm³/mol. The van der Waals surface area contributed by atoms with Gasteiger partial charge in [0.15, 0.2) is 5.11 Å². The van der Waals surface area contributed by atoms with E-state index in [0.29, 0.717) is 34.4 Å². The summed E-state index contributed by atoms with van der Waals surface area (Å²) in [6.07, 6.45) is 1.85. The van der Waals surface area contributed by atoms with Crippen LogP contribution in [0.25, 0.3) is 11.3 Å². The number of carbonyl (C=O) groups is 2. The van der Waals surface area contributed by atoms with Crippen LogP contribution in [0.15, 0.2) is 89.5 Å². The Bertz CT molecular complexity index is 1490. The number of anilines is 1. The number of pyridine rings is 1. The molecule has 8 nitrogen and oxygen atoms in total. The first-order valence-electron chi connectivity index (χ1n) is 12.2. The third kappa shape index (κ3) is 5.80. The second kappa shape index (κ2) is 11.4. The van der Waals surface area contributed by atoms with E-state index in [4.69, 9.17) is 21.4 Å². The van der Waals surface area contributed by atoms with Gasteiger partial charge in [-0.3, -0.25) is 9.78 Å². The number of nitrogens with one attached hydrogen (secondary N) is 2. The Morgan fingerprint density at radius 3 is 2.67 bits per heavy atom.